The number of para-hydroxylation sites is 1. The Labute approximate surface area is 228 Å². The second-order valence-electron chi connectivity index (χ2n) is 9.37. The topological polar surface area (TPSA) is 103 Å². The van der Waals surface area contributed by atoms with Gasteiger partial charge in [-0.1, -0.05) is 63.2 Å². The molecule has 2 aliphatic heterocycles. The number of carbonyl (C=O) groups is 3. The van der Waals surface area contributed by atoms with Crippen LogP contribution in [0, 0.1) is 0 Å². The van der Waals surface area contributed by atoms with Crippen LogP contribution in [0.2, 0.25) is 0 Å². The first-order valence-corrected chi connectivity index (χ1v) is 14.3. The summed E-state index contributed by atoms with van der Waals surface area (Å²) in [4.78, 5) is 49.7. The average molecular weight is 534 g/mol. The molecule has 200 valence electrons. The van der Waals surface area contributed by atoms with Crippen molar-refractivity contribution in [3.63, 3.8) is 0 Å². The molecule has 0 fully saturated rings. The molecule has 0 spiro atoms. The number of hydrogen-bond donors (Lipinski definition) is 2. The number of unbranched alkanes of at least 4 members (excludes halogenated alkanes) is 1. The summed E-state index contributed by atoms with van der Waals surface area (Å²) in [5.41, 5.74) is 3.43. The van der Waals surface area contributed by atoms with Crippen LogP contribution in [0.4, 0.5) is 11.4 Å². The van der Waals surface area contributed by atoms with Gasteiger partial charge >= 0.3 is 0 Å². The fourth-order valence-corrected chi connectivity index (χ4v) is 5.48. The van der Waals surface area contributed by atoms with Gasteiger partial charge in [-0.3, -0.25) is 19.3 Å². The molecule has 0 aliphatic carbocycles. The van der Waals surface area contributed by atoms with E-state index in [0.29, 0.717) is 36.1 Å². The minimum Gasteiger partial charge on any atom is -0.356 e. The maximum absolute atomic E-state index is 13.2. The van der Waals surface area contributed by atoms with Crippen LogP contribution in [0.25, 0.3) is 0 Å². The number of anilines is 1. The van der Waals surface area contributed by atoms with Crippen molar-refractivity contribution in [3.05, 3.63) is 59.7 Å². The molecule has 2 heterocycles. The van der Waals surface area contributed by atoms with E-state index in [0.717, 1.165) is 30.5 Å². The van der Waals surface area contributed by atoms with E-state index in [4.69, 9.17) is 4.99 Å². The molecular weight excluding hydrogens is 498 g/mol. The first kappa shape index (κ1) is 27.6. The molecule has 2 aromatic rings. The number of benzene rings is 2. The summed E-state index contributed by atoms with van der Waals surface area (Å²) >= 11 is 1.33. The van der Waals surface area contributed by atoms with Crippen LogP contribution in [-0.2, 0) is 20.8 Å². The maximum Gasteiger partial charge on any atom is 0.270 e. The third-order valence-corrected chi connectivity index (χ3v) is 7.98. The first-order chi connectivity index (χ1) is 18.4. The highest BCUT2D eigenvalue weighted by Gasteiger charge is 2.42. The monoisotopic (exact) mass is 533 g/mol. The highest BCUT2D eigenvalue weighted by molar-refractivity contribution is 8.15. The van der Waals surface area contributed by atoms with Crippen molar-refractivity contribution in [2.45, 2.75) is 70.6 Å². The summed E-state index contributed by atoms with van der Waals surface area (Å²) in [6.07, 6.45) is 3.95. The van der Waals surface area contributed by atoms with Gasteiger partial charge in [0.2, 0.25) is 11.8 Å². The molecule has 2 aliphatic rings. The van der Waals surface area contributed by atoms with Crippen molar-refractivity contribution in [2.75, 3.05) is 11.9 Å². The molecule has 0 aromatic heterocycles. The highest BCUT2D eigenvalue weighted by atomic mass is 32.2. The minimum atomic E-state index is -0.635. The van der Waals surface area contributed by atoms with Gasteiger partial charge in [-0.05, 0) is 55.5 Å². The third kappa shape index (κ3) is 6.32. The Morgan fingerprint density at radius 2 is 1.82 bits per heavy atom. The van der Waals surface area contributed by atoms with Crippen molar-refractivity contribution >= 4 is 51.9 Å². The number of aliphatic imine (C=N–C) groups is 2. The summed E-state index contributed by atoms with van der Waals surface area (Å²) in [5.74, 6) is 0.0344. The number of nitrogens with one attached hydrogen (secondary N) is 2. The molecule has 8 nitrogen and oxygen atoms in total. The van der Waals surface area contributed by atoms with Crippen LogP contribution >= 0.6 is 11.8 Å². The van der Waals surface area contributed by atoms with Crippen molar-refractivity contribution < 1.29 is 14.4 Å². The average Bonchev–Trinajstić information content (AvgIpc) is 3.27. The third-order valence-electron chi connectivity index (χ3n) is 6.65. The summed E-state index contributed by atoms with van der Waals surface area (Å²) in [5, 5.41) is 6.05. The number of aryl methyl sites for hydroxylation is 1. The van der Waals surface area contributed by atoms with Crippen LogP contribution in [0.5, 0.6) is 0 Å². The molecule has 2 aromatic carbocycles. The molecule has 0 saturated heterocycles. The number of hydrogen-bond acceptors (Lipinski definition) is 6. The van der Waals surface area contributed by atoms with Gasteiger partial charge in [0.15, 0.2) is 5.17 Å². The van der Waals surface area contributed by atoms with E-state index < -0.39 is 11.3 Å². The van der Waals surface area contributed by atoms with E-state index >= 15 is 0 Å². The highest BCUT2D eigenvalue weighted by Crippen LogP contribution is 2.37. The van der Waals surface area contributed by atoms with Gasteiger partial charge in [0, 0.05) is 24.2 Å². The van der Waals surface area contributed by atoms with Crippen LogP contribution < -0.4 is 10.6 Å². The van der Waals surface area contributed by atoms with Gasteiger partial charge in [-0.2, -0.15) is 4.99 Å². The predicted molar refractivity (Wildman–Crippen MR) is 154 cm³/mol. The van der Waals surface area contributed by atoms with Gasteiger partial charge < -0.3 is 10.6 Å². The molecule has 38 heavy (non-hydrogen) atoms. The summed E-state index contributed by atoms with van der Waals surface area (Å²) in [7, 11) is 0. The van der Waals surface area contributed by atoms with Gasteiger partial charge in [-0.15, -0.1) is 0 Å². The van der Waals surface area contributed by atoms with Gasteiger partial charge in [-0.25, -0.2) is 4.99 Å². The number of nitrogens with zero attached hydrogens (tertiary/aromatic N) is 3. The second-order valence-corrected chi connectivity index (χ2v) is 10.5. The van der Waals surface area contributed by atoms with E-state index in [9.17, 15) is 14.4 Å². The second kappa shape index (κ2) is 12.9. The zero-order valence-corrected chi connectivity index (χ0v) is 23.0. The Morgan fingerprint density at radius 3 is 2.53 bits per heavy atom. The molecular formula is C29H35N5O3S. The molecule has 2 N–H and O–H groups in total. The van der Waals surface area contributed by atoms with E-state index in [1.54, 1.807) is 0 Å². The van der Waals surface area contributed by atoms with Gasteiger partial charge in [0.25, 0.3) is 5.91 Å². The molecule has 0 saturated carbocycles. The Balaban J connectivity index is 1.53. The molecule has 4 rings (SSSR count). The maximum atomic E-state index is 13.2. The Morgan fingerprint density at radius 1 is 1.05 bits per heavy atom. The lowest BCUT2D eigenvalue weighted by molar-refractivity contribution is -0.122. The summed E-state index contributed by atoms with van der Waals surface area (Å²) < 4.78 is 0. The van der Waals surface area contributed by atoms with E-state index in [2.05, 4.69) is 29.5 Å². The summed E-state index contributed by atoms with van der Waals surface area (Å²) in [6, 6.07) is 14.7. The van der Waals surface area contributed by atoms with Crippen LogP contribution in [-0.4, -0.2) is 51.5 Å². The van der Waals surface area contributed by atoms with Crippen LogP contribution in [0.3, 0.4) is 0 Å². The predicted octanol–water partition coefficient (Wildman–Crippen LogP) is 5.05. The number of fused-ring (bicyclic) bond motifs is 3. The number of carbonyl (C=O) groups excluding carboxylic acids is 3. The zero-order chi connectivity index (χ0) is 27.1. The largest absolute Gasteiger partial charge is 0.356 e. The van der Waals surface area contributed by atoms with E-state index in [1.165, 1.54) is 17.3 Å². The zero-order valence-electron chi connectivity index (χ0n) is 22.2. The lowest BCUT2D eigenvalue weighted by Gasteiger charge is -2.32. The van der Waals surface area contributed by atoms with E-state index in [1.807, 2.05) is 60.4 Å². The number of thioether (sulfide) groups is 1. The number of rotatable bonds is 11. The van der Waals surface area contributed by atoms with Gasteiger partial charge in [0.05, 0.1) is 10.9 Å². The number of amidine groups is 2. The number of amides is 3. The Kier molecular flexibility index (Phi) is 9.33. The van der Waals surface area contributed by atoms with Crippen molar-refractivity contribution in [2.24, 2.45) is 9.98 Å². The van der Waals surface area contributed by atoms with E-state index in [-0.39, 0.29) is 24.1 Å². The van der Waals surface area contributed by atoms with Crippen molar-refractivity contribution in [3.8, 4) is 0 Å². The van der Waals surface area contributed by atoms with Crippen LogP contribution in [0.1, 0.15) is 64.0 Å². The quantitative estimate of drug-likeness (QED) is 0.393. The fourth-order valence-electron chi connectivity index (χ4n) is 4.41. The normalized spacial score (nSPS) is 16.8. The minimum absolute atomic E-state index is 0.0804. The molecule has 3 amide bonds. The smallest absolute Gasteiger partial charge is 0.270 e. The first-order valence-electron chi connectivity index (χ1n) is 13.4. The standard InChI is InChI=1S/C29H35N5O3S/c1-4-7-18-30-25(35)17-16-23-27(36)33-26-21-10-8-9-11-22(21)32-29(34(23)26)38-24(6-3)28(37)31-20-14-12-19(5-2)13-15-20/h8-15,23-24H,4-7,16-18H2,1-3H3,(H,30,35)(H,31,37). The van der Waals surface area contributed by atoms with Gasteiger partial charge in [0.1, 0.15) is 11.9 Å². The molecule has 0 bridgehead atoms. The molecule has 0 radical (unpaired) electrons. The molecule has 2 unspecified atom stereocenters. The Hall–Kier alpha value is -3.46. The fraction of sp³-hybridized carbons (Fsp3) is 0.414. The SMILES string of the molecule is CCCCNC(=O)CCC1C(=O)N=C2c3ccccc3N=C(SC(CC)C(=O)Nc3ccc(CC)cc3)N21. The lowest BCUT2D eigenvalue weighted by Crippen LogP contribution is -2.45. The van der Waals surface area contributed by atoms with Crippen LogP contribution in [0.15, 0.2) is 58.5 Å². The molecule has 9 heteroatoms. The van der Waals surface area contributed by atoms with Crippen molar-refractivity contribution in [1.29, 1.82) is 0 Å². The lowest BCUT2D eigenvalue weighted by atomic mass is 10.1. The van der Waals surface area contributed by atoms with Crippen molar-refractivity contribution in [1.82, 2.24) is 10.2 Å². The summed E-state index contributed by atoms with van der Waals surface area (Å²) in [6.45, 7) is 6.74. The Bertz CT molecular complexity index is 1240. The molecule has 2 atom stereocenters.